The van der Waals surface area contributed by atoms with Crippen LogP contribution in [0.1, 0.15) is 50.5 Å². The van der Waals surface area contributed by atoms with Gasteiger partial charge in [-0.2, -0.15) is 9.65 Å². The number of nitrogens with zero attached hydrogens (tertiary/aromatic N) is 1. The van der Waals surface area contributed by atoms with Gasteiger partial charge in [0.2, 0.25) is 0 Å². The minimum absolute atomic E-state index is 0.184. The lowest BCUT2D eigenvalue weighted by Gasteiger charge is -2.28. The van der Waals surface area contributed by atoms with E-state index in [4.69, 9.17) is 5.26 Å². The van der Waals surface area contributed by atoms with Crippen molar-refractivity contribution in [1.82, 2.24) is 0 Å². The molecule has 2 rings (SSSR count). The third kappa shape index (κ3) is 8.60. The molecule has 1 aromatic carbocycles. The maximum absolute atomic E-state index is 12.6. The molecule has 1 saturated carbocycles. The molecule has 0 aliphatic heterocycles. The van der Waals surface area contributed by atoms with Crippen molar-refractivity contribution in [3.63, 3.8) is 0 Å². The minimum Gasteiger partial charge on any atom is -0.406 e. The van der Waals surface area contributed by atoms with Gasteiger partial charge < -0.3 is 4.74 Å². The summed E-state index contributed by atoms with van der Waals surface area (Å²) in [6.07, 6.45) is 8.59. The lowest BCUT2D eigenvalue weighted by atomic mass is 9.78. The van der Waals surface area contributed by atoms with Crippen LogP contribution in [-0.4, -0.2) is 6.36 Å². The summed E-state index contributed by atoms with van der Waals surface area (Å²) in [7, 11) is 0. The third-order valence-electron chi connectivity index (χ3n) is 5.19. The van der Waals surface area contributed by atoms with Crippen LogP contribution in [0.2, 0.25) is 0 Å². The van der Waals surface area contributed by atoms with Crippen LogP contribution in [0, 0.1) is 23.2 Å². The van der Waals surface area contributed by atoms with Crippen LogP contribution >= 0.6 is 0 Å². The molecule has 6 heteroatoms. The molecule has 0 bridgehead atoms. The van der Waals surface area contributed by atoms with Crippen molar-refractivity contribution >= 4 is 0 Å². The number of allylic oxidation sites excluding steroid dienone is 4. The molecule has 0 aromatic heterocycles. The van der Waals surface area contributed by atoms with Crippen molar-refractivity contribution in [1.29, 1.82) is 5.26 Å². The summed E-state index contributed by atoms with van der Waals surface area (Å²) < 4.78 is 53.0. The summed E-state index contributed by atoms with van der Waals surface area (Å²) in [5.74, 6) is 0.381. The Balaban J connectivity index is 1.64. The van der Waals surface area contributed by atoms with Gasteiger partial charge in [-0.3, -0.25) is 0 Å². The number of rotatable bonds is 8. The van der Waals surface area contributed by atoms with Crippen LogP contribution in [0.15, 0.2) is 48.3 Å². The summed E-state index contributed by atoms with van der Waals surface area (Å²) in [6.45, 7) is 0. The molecule has 0 amide bonds. The zero-order valence-electron chi connectivity index (χ0n) is 15.7. The van der Waals surface area contributed by atoms with E-state index in [0.29, 0.717) is 11.8 Å². The van der Waals surface area contributed by atoms with Gasteiger partial charge in [-0.25, -0.2) is 0 Å². The van der Waals surface area contributed by atoms with Crippen LogP contribution in [-0.2, 0) is 6.42 Å². The van der Waals surface area contributed by atoms with Gasteiger partial charge in [-0.05, 0) is 61.3 Å². The number of nitriles is 1. The number of aryl methyl sites for hydroxylation is 1. The van der Waals surface area contributed by atoms with Gasteiger partial charge in [0.25, 0.3) is 0 Å². The Morgan fingerprint density at radius 2 is 1.68 bits per heavy atom. The number of hydrogen-bond acceptors (Lipinski definition) is 2. The Morgan fingerprint density at radius 3 is 2.25 bits per heavy atom. The average molecular weight is 395 g/mol. The predicted molar refractivity (Wildman–Crippen MR) is 100 cm³/mol. The number of ether oxygens (including phenoxy) is 1. The molecule has 0 heterocycles. The van der Waals surface area contributed by atoms with Crippen LogP contribution in [0.25, 0.3) is 0 Å². The molecule has 0 saturated heterocycles. The summed E-state index contributed by atoms with van der Waals surface area (Å²) in [5.41, 5.74) is 1.03. The fraction of sp³-hybridized carbons (Fsp3) is 0.500. The standard InChI is InChI=1S/C22H25F4NO/c23-20(16-27)5-3-1-2-4-17-6-8-18(9-7-17)10-11-19-12-14-21(15-13-19)28-22(24,25)26/h1,3,5,12-15,17-18H,2,4,6-11H2/t17-,18-. The summed E-state index contributed by atoms with van der Waals surface area (Å²) >= 11 is 0. The molecule has 152 valence electrons. The van der Waals surface area contributed by atoms with Crippen molar-refractivity contribution in [3.8, 4) is 11.8 Å². The van der Waals surface area contributed by atoms with Crippen molar-refractivity contribution < 1.29 is 22.3 Å². The molecule has 1 aromatic rings. The molecule has 0 radical (unpaired) electrons. The largest absolute Gasteiger partial charge is 0.573 e. The first-order valence-electron chi connectivity index (χ1n) is 9.63. The Morgan fingerprint density at radius 1 is 1.07 bits per heavy atom. The van der Waals surface area contributed by atoms with Gasteiger partial charge in [0.15, 0.2) is 5.83 Å². The van der Waals surface area contributed by atoms with E-state index in [2.05, 4.69) is 4.74 Å². The summed E-state index contributed by atoms with van der Waals surface area (Å²) in [5, 5.41) is 8.32. The highest BCUT2D eigenvalue weighted by Crippen LogP contribution is 2.34. The Labute approximate surface area is 163 Å². The van der Waals surface area contributed by atoms with E-state index in [0.717, 1.165) is 31.2 Å². The van der Waals surface area contributed by atoms with Crippen LogP contribution in [0.4, 0.5) is 17.6 Å². The van der Waals surface area contributed by atoms with E-state index < -0.39 is 12.2 Å². The Bertz CT molecular complexity index is 693. The van der Waals surface area contributed by atoms with Crippen LogP contribution in [0.5, 0.6) is 5.75 Å². The van der Waals surface area contributed by atoms with E-state index in [1.165, 1.54) is 50.0 Å². The molecular formula is C22H25F4NO. The quantitative estimate of drug-likeness (QED) is 0.269. The number of halogens is 4. The second-order valence-electron chi connectivity index (χ2n) is 7.25. The van der Waals surface area contributed by atoms with E-state index >= 15 is 0 Å². The molecule has 0 unspecified atom stereocenters. The van der Waals surface area contributed by atoms with Gasteiger partial charge >= 0.3 is 6.36 Å². The molecule has 1 fully saturated rings. The molecule has 0 N–H and O–H groups in total. The fourth-order valence-electron chi connectivity index (χ4n) is 3.66. The monoisotopic (exact) mass is 395 g/mol. The fourth-order valence-corrected chi connectivity index (χ4v) is 3.66. The normalized spacial score (nSPS) is 20.9. The van der Waals surface area contributed by atoms with Crippen LogP contribution < -0.4 is 4.74 Å². The maximum atomic E-state index is 12.6. The maximum Gasteiger partial charge on any atom is 0.573 e. The van der Waals surface area contributed by atoms with Crippen molar-refractivity contribution in [2.24, 2.45) is 11.8 Å². The first kappa shape index (κ1) is 22.0. The van der Waals surface area contributed by atoms with E-state index in [1.807, 2.05) is 6.08 Å². The SMILES string of the molecule is N#CC(F)=CC=CCC[C@H]1CC[C@H](CCc2ccc(OC(F)(F)F)cc2)CC1. The lowest BCUT2D eigenvalue weighted by Crippen LogP contribution is -2.17. The molecule has 1 aliphatic rings. The van der Waals surface area contributed by atoms with Crippen LogP contribution in [0.3, 0.4) is 0 Å². The number of benzene rings is 1. The van der Waals surface area contributed by atoms with Crippen molar-refractivity contribution in [3.05, 3.63) is 53.9 Å². The van der Waals surface area contributed by atoms with E-state index in [1.54, 1.807) is 18.2 Å². The topological polar surface area (TPSA) is 33.0 Å². The predicted octanol–water partition coefficient (Wildman–Crippen LogP) is 7.04. The molecule has 0 spiro atoms. The summed E-state index contributed by atoms with van der Waals surface area (Å²) in [6, 6.07) is 7.56. The molecular weight excluding hydrogens is 370 g/mol. The van der Waals surface area contributed by atoms with Gasteiger partial charge in [-0.1, -0.05) is 50.0 Å². The first-order chi connectivity index (χ1) is 13.4. The zero-order valence-corrected chi connectivity index (χ0v) is 15.7. The van der Waals surface area contributed by atoms with Crippen molar-refractivity contribution in [2.45, 2.75) is 57.7 Å². The zero-order chi connectivity index (χ0) is 20.4. The lowest BCUT2D eigenvalue weighted by molar-refractivity contribution is -0.274. The molecule has 2 nitrogen and oxygen atoms in total. The second kappa shape index (κ2) is 10.9. The van der Waals surface area contributed by atoms with E-state index in [-0.39, 0.29) is 5.75 Å². The first-order valence-corrected chi connectivity index (χ1v) is 9.63. The third-order valence-corrected chi connectivity index (χ3v) is 5.19. The Kier molecular flexibility index (Phi) is 8.56. The highest BCUT2D eigenvalue weighted by atomic mass is 19.4. The minimum atomic E-state index is -4.65. The molecule has 0 atom stereocenters. The number of alkyl halides is 3. The summed E-state index contributed by atoms with van der Waals surface area (Å²) in [4.78, 5) is 0. The molecule has 28 heavy (non-hydrogen) atoms. The molecule has 1 aliphatic carbocycles. The van der Waals surface area contributed by atoms with Gasteiger partial charge in [0.05, 0.1) is 0 Å². The van der Waals surface area contributed by atoms with Gasteiger partial charge in [0, 0.05) is 0 Å². The highest BCUT2D eigenvalue weighted by molar-refractivity contribution is 5.27. The van der Waals surface area contributed by atoms with Gasteiger partial charge in [-0.15, -0.1) is 13.2 Å². The van der Waals surface area contributed by atoms with Gasteiger partial charge in [0.1, 0.15) is 11.8 Å². The number of hydrogen-bond donors (Lipinski definition) is 0. The van der Waals surface area contributed by atoms with Crippen molar-refractivity contribution in [2.75, 3.05) is 0 Å². The second-order valence-corrected chi connectivity index (χ2v) is 7.25. The average Bonchev–Trinajstić information content (AvgIpc) is 2.66. The Hall–Kier alpha value is -2.29. The highest BCUT2D eigenvalue weighted by Gasteiger charge is 2.31. The van der Waals surface area contributed by atoms with E-state index in [9.17, 15) is 17.6 Å². The smallest absolute Gasteiger partial charge is 0.406 e.